The van der Waals surface area contributed by atoms with Crippen molar-refractivity contribution >= 4 is 21.5 Å². The molecule has 1 heterocycles. The molecule has 1 aliphatic rings. The van der Waals surface area contributed by atoms with Gasteiger partial charge in [-0.05, 0) is 101 Å². The minimum atomic E-state index is -0.120. The second-order valence-corrected chi connectivity index (χ2v) is 16.1. The summed E-state index contributed by atoms with van der Waals surface area (Å²) in [7, 11) is 0. The molecule has 2 nitrogen and oxygen atoms in total. The lowest BCUT2D eigenvalue weighted by molar-refractivity contribution is 0.661. The second kappa shape index (κ2) is 13.9. The summed E-state index contributed by atoms with van der Waals surface area (Å²) in [6.07, 6.45) is 0. The second-order valence-electron chi connectivity index (χ2n) is 16.1. The number of hydrogen-bond donors (Lipinski definition) is 0. The lowest BCUT2D eigenvalue weighted by atomic mass is 9.81. The Labute approximate surface area is 345 Å². The van der Waals surface area contributed by atoms with Crippen LogP contribution in [0.2, 0.25) is 0 Å². The van der Waals surface area contributed by atoms with Crippen molar-refractivity contribution in [2.45, 2.75) is 19.3 Å². The van der Waals surface area contributed by atoms with Crippen LogP contribution in [-0.4, -0.2) is 9.97 Å². The highest BCUT2D eigenvalue weighted by atomic mass is 14.9. The van der Waals surface area contributed by atoms with E-state index in [0.29, 0.717) is 5.82 Å². The Morgan fingerprint density at radius 2 is 0.881 bits per heavy atom. The van der Waals surface area contributed by atoms with Gasteiger partial charge in [-0.3, -0.25) is 0 Å². The molecule has 0 unspecified atom stereocenters. The summed E-state index contributed by atoms with van der Waals surface area (Å²) in [4.78, 5) is 10.6. The van der Waals surface area contributed by atoms with Gasteiger partial charge in [0.1, 0.15) is 0 Å². The minimum absolute atomic E-state index is 0.120. The van der Waals surface area contributed by atoms with Gasteiger partial charge < -0.3 is 0 Å². The Morgan fingerprint density at radius 1 is 0.322 bits per heavy atom. The van der Waals surface area contributed by atoms with E-state index in [1.54, 1.807) is 0 Å². The first kappa shape index (κ1) is 34.8. The van der Waals surface area contributed by atoms with Crippen molar-refractivity contribution < 1.29 is 0 Å². The summed E-state index contributed by atoms with van der Waals surface area (Å²) in [5.41, 5.74) is 17.3. The predicted molar refractivity (Wildman–Crippen MR) is 247 cm³/mol. The number of aromatic nitrogens is 2. The van der Waals surface area contributed by atoms with Crippen LogP contribution in [-0.2, 0) is 5.41 Å². The first-order valence-electron chi connectivity index (χ1n) is 20.4. The SMILES string of the molecule is CC1(C)c2cc3ccccc3cc2-c2c(-c3ccc(-c4cc(-c5ccc(-c6ccccc6)c(-c6ccccc6)c5)nc(-c5ccccc5)n4)c4ccccc34)cccc21. The van der Waals surface area contributed by atoms with Crippen LogP contribution in [0, 0.1) is 0 Å². The fourth-order valence-corrected chi connectivity index (χ4v) is 9.33. The monoisotopic (exact) mass is 752 g/mol. The Hall–Kier alpha value is -7.42. The van der Waals surface area contributed by atoms with Gasteiger partial charge in [-0.15, -0.1) is 0 Å². The summed E-state index contributed by atoms with van der Waals surface area (Å²) in [5, 5.41) is 4.91. The molecule has 0 bridgehead atoms. The highest BCUT2D eigenvalue weighted by Crippen LogP contribution is 2.54. The van der Waals surface area contributed by atoms with Gasteiger partial charge in [-0.25, -0.2) is 9.97 Å². The highest BCUT2D eigenvalue weighted by molar-refractivity contribution is 6.08. The van der Waals surface area contributed by atoms with Crippen molar-refractivity contribution in [1.29, 1.82) is 0 Å². The summed E-state index contributed by atoms with van der Waals surface area (Å²) in [6, 6.07) is 74.3. The van der Waals surface area contributed by atoms with Crippen LogP contribution < -0.4 is 0 Å². The molecular formula is C57H40N2. The number of hydrogen-bond acceptors (Lipinski definition) is 2. The molecular weight excluding hydrogens is 713 g/mol. The van der Waals surface area contributed by atoms with Gasteiger partial charge in [-0.1, -0.05) is 196 Å². The molecule has 2 heteroatoms. The quantitative estimate of drug-likeness (QED) is 0.169. The molecule has 1 aromatic heterocycles. The molecule has 0 saturated heterocycles. The highest BCUT2D eigenvalue weighted by Gasteiger charge is 2.37. The number of nitrogens with zero attached hydrogens (tertiary/aromatic N) is 2. The largest absolute Gasteiger partial charge is 0.228 e. The smallest absolute Gasteiger partial charge is 0.160 e. The van der Waals surface area contributed by atoms with E-state index >= 15 is 0 Å². The van der Waals surface area contributed by atoms with Crippen LogP contribution in [0.15, 0.2) is 206 Å². The zero-order chi connectivity index (χ0) is 39.5. The summed E-state index contributed by atoms with van der Waals surface area (Å²) < 4.78 is 0. The van der Waals surface area contributed by atoms with Crippen LogP contribution in [0.3, 0.4) is 0 Å². The topological polar surface area (TPSA) is 25.8 Å². The normalized spacial score (nSPS) is 12.7. The van der Waals surface area contributed by atoms with Gasteiger partial charge in [0.25, 0.3) is 0 Å². The van der Waals surface area contributed by atoms with E-state index in [-0.39, 0.29) is 5.41 Å². The summed E-state index contributed by atoms with van der Waals surface area (Å²) in [6.45, 7) is 4.74. The molecule has 10 aromatic rings. The Morgan fingerprint density at radius 3 is 1.59 bits per heavy atom. The number of fused-ring (bicyclic) bond motifs is 5. The zero-order valence-corrected chi connectivity index (χ0v) is 33.0. The van der Waals surface area contributed by atoms with Crippen LogP contribution in [0.1, 0.15) is 25.0 Å². The molecule has 59 heavy (non-hydrogen) atoms. The standard InChI is InChI=1S/C57H40N2/c1-57(2)51-28-16-27-48(55(51)50-33-40-23-12-13-24-41(40)35-52(50)57)46-31-32-47(45-26-15-14-25-44(45)46)54-36-53(58-56(59-54)39-21-10-5-11-22-39)42-29-30-43(37-17-6-3-7-18-37)49(34-42)38-19-8-4-9-20-38/h3-36H,1-2H3. The molecule has 0 atom stereocenters. The van der Waals surface area contributed by atoms with E-state index < -0.39 is 0 Å². The molecule has 0 saturated carbocycles. The van der Waals surface area contributed by atoms with Crippen LogP contribution in [0.4, 0.5) is 0 Å². The molecule has 0 fully saturated rings. The summed E-state index contributed by atoms with van der Waals surface area (Å²) >= 11 is 0. The molecule has 0 radical (unpaired) electrons. The van der Waals surface area contributed by atoms with Crippen molar-refractivity contribution in [3.8, 4) is 78.4 Å². The predicted octanol–water partition coefficient (Wildman–Crippen LogP) is 15.1. The maximum absolute atomic E-state index is 5.32. The summed E-state index contributed by atoms with van der Waals surface area (Å²) in [5.74, 6) is 0.701. The fraction of sp³-hybridized carbons (Fsp3) is 0.0526. The molecule has 11 rings (SSSR count). The third kappa shape index (κ3) is 5.87. The van der Waals surface area contributed by atoms with Crippen LogP contribution in [0.5, 0.6) is 0 Å². The minimum Gasteiger partial charge on any atom is -0.228 e. The zero-order valence-electron chi connectivity index (χ0n) is 33.0. The average Bonchev–Trinajstić information content (AvgIpc) is 3.53. The van der Waals surface area contributed by atoms with Crippen molar-refractivity contribution in [2.75, 3.05) is 0 Å². The van der Waals surface area contributed by atoms with E-state index in [2.05, 4.69) is 214 Å². The van der Waals surface area contributed by atoms with Gasteiger partial charge in [0.05, 0.1) is 11.4 Å². The maximum atomic E-state index is 5.32. The van der Waals surface area contributed by atoms with E-state index in [9.17, 15) is 0 Å². The van der Waals surface area contributed by atoms with Crippen LogP contribution >= 0.6 is 0 Å². The van der Waals surface area contributed by atoms with Gasteiger partial charge in [0.2, 0.25) is 0 Å². The lowest BCUT2D eigenvalue weighted by Gasteiger charge is -2.22. The van der Waals surface area contributed by atoms with E-state index in [4.69, 9.17) is 9.97 Å². The van der Waals surface area contributed by atoms with Gasteiger partial charge in [-0.2, -0.15) is 0 Å². The average molecular weight is 753 g/mol. The molecule has 0 N–H and O–H groups in total. The first-order chi connectivity index (χ1) is 29.0. The first-order valence-corrected chi connectivity index (χ1v) is 20.4. The third-order valence-electron chi connectivity index (χ3n) is 12.3. The van der Waals surface area contributed by atoms with E-state index in [1.165, 1.54) is 71.8 Å². The van der Waals surface area contributed by atoms with Crippen molar-refractivity contribution in [3.05, 3.63) is 217 Å². The van der Waals surface area contributed by atoms with Crippen molar-refractivity contribution in [1.82, 2.24) is 9.97 Å². The van der Waals surface area contributed by atoms with E-state index in [1.807, 2.05) is 6.07 Å². The lowest BCUT2D eigenvalue weighted by Crippen LogP contribution is -2.14. The van der Waals surface area contributed by atoms with Gasteiger partial charge in [0.15, 0.2) is 5.82 Å². The van der Waals surface area contributed by atoms with Crippen molar-refractivity contribution in [3.63, 3.8) is 0 Å². The van der Waals surface area contributed by atoms with Gasteiger partial charge in [0, 0.05) is 22.1 Å². The number of benzene rings is 9. The van der Waals surface area contributed by atoms with E-state index in [0.717, 1.165) is 33.5 Å². The molecule has 1 aliphatic carbocycles. The van der Waals surface area contributed by atoms with Crippen molar-refractivity contribution in [2.24, 2.45) is 0 Å². The molecule has 0 aliphatic heterocycles. The molecule has 0 spiro atoms. The maximum Gasteiger partial charge on any atom is 0.160 e. The Balaban J connectivity index is 1.10. The number of rotatable bonds is 6. The van der Waals surface area contributed by atoms with Gasteiger partial charge >= 0.3 is 0 Å². The molecule has 278 valence electrons. The third-order valence-corrected chi connectivity index (χ3v) is 12.3. The Bertz CT molecular complexity index is 3220. The molecule has 9 aromatic carbocycles. The molecule has 0 amide bonds. The fourth-order valence-electron chi connectivity index (χ4n) is 9.33. The van der Waals surface area contributed by atoms with Crippen LogP contribution in [0.25, 0.3) is 100.0 Å². The Kier molecular flexibility index (Phi) is 8.20.